The zero-order chi connectivity index (χ0) is 23.3. The van der Waals surface area contributed by atoms with Crippen LogP contribution in [-0.2, 0) is 21.9 Å². The first kappa shape index (κ1) is 24.0. The molecule has 0 bridgehead atoms. The van der Waals surface area contributed by atoms with Crippen molar-refractivity contribution >= 4 is 50.8 Å². The van der Waals surface area contributed by atoms with Gasteiger partial charge in [0.2, 0.25) is 11.8 Å². The molecule has 7 nitrogen and oxygen atoms in total. The highest BCUT2D eigenvalue weighted by molar-refractivity contribution is 7.99. The van der Waals surface area contributed by atoms with E-state index in [9.17, 15) is 14.4 Å². The SMILES string of the molecule is CCCC(=O)Nc1ccc(CNC(=O)C(C)SCc2nc3sc(C)c(C)c3c(=O)[nH]2)cc1. The van der Waals surface area contributed by atoms with Crippen LogP contribution in [0.15, 0.2) is 29.1 Å². The van der Waals surface area contributed by atoms with Crippen molar-refractivity contribution in [3.8, 4) is 0 Å². The molecule has 2 aromatic heterocycles. The third-order valence-electron chi connectivity index (χ3n) is 5.11. The summed E-state index contributed by atoms with van der Waals surface area (Å²) in [6.07, 6.45) is 1.30. The van der Waals surface area contributed by atoms with E-state index in [2.05, 4.69) is 20.6 Å². The van der Waals surface area contributed by atoms with Crippen molar-refractivity contribution in [1.82, 2.24) is 15.3 Å². The first-order valence-electron chi connectivity index (χ1n) is 10.6. The van der Waals surface area contributed by atoms with Crippen LogP contribution in [0.5, 0.6) is 0 Å². The molecule has 2 amide bonds. The van der Waals surface area contributed by atoms with Crippen LogP contribution >= 0.6 is 23.1 Å². The average molecular weight is 473 g/mol. The van der Waals surface area contributed by atoms with Gasteiger partial charge in [0.25, 0.3) is 5.56 Å². The van der Waals surface area contributed by atoms with E-state index in [1.165, 1.54) is 23.1 Å². The highest BCUT2D eigenvalue weighted by atomic mass is 32.2. The number of nitrogens with one attached hydrogen (secondary N) is 3. The summed E-state index contributed by atoms with van der Waals surface area (Å²) < 4.78 is 0. The summed E-state index contributed by atoms with van der Waals surface area (Å²) in [6, 6.07) is 7.43. The molecule has 0 saturated carbocycles. The maximum Gasteiger partial charge on any atom is 0.259 e. The van der Waals surface area contributed by atoms with Gasteiger partial charge in [-0.15, -0.1) is 23.1 Å². The summed E-state index contributed by atoms with van der Waals surface area (Å²) in [5, 5.41) is 6.13. The zero-order valence-electron chi connectivity index (χ0n) is 18.7. The number of fused-ring (bicyclic) bond motifs is 1. The Bertz CT molecular complexity index is 1170. The number of aromatic nitrogens is 2. The first-order valence-corrected chi connectivity index (χ1v) is 12.4. The molecule has 3 N–H and O–H groups in total. The van der Waals surface area contributed by atoms with E-state index in [1.54, 1.807) is 0 Å². The molecule has 1 atom stereocenters. The summed E-state index contributed by atoms with van der Waals surface area (Å²) in [6.45, 7) is 8.12. The number of carbonyl (C=O) groups excluding carboxylic acids is 2. The molecule has 0 saturated heterocycles. The molecule has 3 rings (SSSR count). The third-order valence-corrected chi connectivity index (χ3v) is 7.36. The van der Waals surface area contributed by atoms with Gasteiger partial charge < -0.3 is 15.6 Å². The minimum absolute atomic E-state index is 0.00117. The van der Waals surface area contributed by atoms with Gasteiger partial charge in [-0.2, -0.15) is 0 Å². The van der Waals surface area contributed by atoms with Crippen molar-refractivity contribution in [2.45, 2.75) is 58.1 Å². The largest absolute Gasteiger partial charge is 0.351 e. The quantitative estimate of drug-likeness (QED) is 0.431. The molecule has 170 valence electrons. The Hall–Kier alpha value is -2.65. The number of thioether (sulfide) groups is 1. The molecule has 2 heterocycles. The lowest BCUT2D eigenvalue weighted by molar-refractivity contribution is -0.120. The van der Waals surface area contributed by atoms with Crippen LogP contribution < -0.4 is 16.2 Å². The fraction of sp³-hybridized carbons (Fsp3) is 0.391. The number of hydrogen-bond donors (Lipinski definition) is 3. The molecule has 9 heteroatoms. The Balaban J connectivity index is 1.50. The minimum Gasteiger partial charge on any atom is -0.351 e. The number of aryl methyl sites for hydroxylation is 2. The third kappa shape index (κ3) is 5.98. The molecule has 0 aliphatic heterocycles. The van der Waals surface area contributed by atoms with Crippen molar-refractivity contribution < 1.29 is 9.59 Å². The summed E-state index contributed by atoms with van der Waals surface area (Å²) in [7, 11) is 0. The Morgan fingerprint density at radius 3 is 2.62 bits per heavy atom. The second-order valence-electron chi connectivity index (χ2n) is 7.64. The molecule has 0 spiro atoms. The molecular weight excluding hydrogens is 444 g/mol. The van der Waals surface area contributed by atoms with Crippen LogP contribution in [-0.4, -0.2) is 27.0 Å². The monoisotopic (exact) mass is 472 g/mol. The molecule has 1 aromatic carbocycles. The number of rotatable bonds is 9. The van der Waals surface area contributed by atoms with Crippen LogP contribution in [0.25, 0.3) is 10.2 Å². The number of H-pyrrole nitrogens is 1. The van der Waals surface area contributed by atoms with E-state index in [1.807, 2.05) is 52.0 Å². The van der Waals surface area contributed by atoms with Gasteiger partial charge >= 0.3 is 0 Å². The number of carbonyl (C=O) groups is 2. The van der Waals surface area contributed by atoms with Gasteiger partial charge in [0.1, 0.15) is 10.7 Å². The Kier molecular flexibility index (Phi) is 8.09. The van der Waals surface area contributed by atoms with E-state index in [0.717, 1.165) is 32.9 Å². The van der Waals surface area contributed by atoms with Crippen LogP contribution in [0, 0.1) is 13.8 Å². The molecule has 1 unspecified atom stereocenters. The second kappa shape index (κ2) is 10.8. The summed E-state index contributed by atoms with van der Waals surface area (Å²) in [4.78, 5) is 45.7. The molecule has 0 aliphatic rings. The molecule has 0 radical (unpaired) electrons. The van der Waals surface area contributed by atoms with Crippen LogP contribution in [0.3, 0.4) is 0 Å². The lowest BCUT2D eigenvalue weighted by Gasteiger charge is -2.12. The summed E-state index contributed by atoms with van der Waals surface area (Å²) in [5.41, 5.74) is 2.54. The van der Waals surface area contributed by atoms with E-state index < -0.39 is 0 Å². The van der Waals surface area contributed by atoms with Gasteiger partial charge in [-0.3, -0.25) is 14.4 Å². The lowest BCUT2D eigenvalue weighted by atomic mass is 10.2. The molecule has 0 fully saturated rings. The number of hydrogen-bond acceptors (Lipinski definition) is 6. The predicted molar refractivity (Wildman–Crippen MR) is 132 cm³/mol. The van der Waals surface area contributed by atoms with Gasteiger partial charge in [-0.05, 0) is 50.5 Å². The maximum atomic E-state index is 12.5. The number of aromatic amines is 1. The van der Waals surface area contributed by atoms with Crippen molar-refractivity contribution in [3.63, 3.8) is 0 Å². The van der Waals surface area contributed by atoms with Crippen molar-refractivity contribution in [2.75, 3.05) is 5.32 Å². The standard InChI is InChI=1S/C23H28N4O3S2/c1-5-6-19(28)25-17-9-7-16(8-10-17)11-24-21(29)15(4)31-12-18-26-22(30)20-13(2)14(3)32-23(20)27-18/h7-10,15H,5-6,11-12H2,1-4H3,(H,24,29)(H,25,28)(H,26,27,30). The lowest BCUT2D eigenvalue weighted by Crippen LogP contribution is -2.30. The number of nitrogens with zero attached hydrogens (tertiary/aromatic N) is 1. The molecule has 0 aliphatic carbocycles. The highest BCUT2D eigenvalue weighted by Crippen LogP contribution is 2.26. The molecule has 32 heavy (non-hydrogen) atoms. The fourth-order valence-electron chi connectivity index (χ4n) is 3.14. The Morgan fingerprint density at radius 2 is 1.94 bits per heavy atom. The van der Waals surface area contributed by atoms with Crippen molar-refractivity contribution in [2.24, 2.45) is 0 Å². The maximum absolute atomic E-state index is 12.5. The highest BCUT2D eigenvalue weighted by Gasteiger charge is 2.16. The average Bonchev–Trinajstić information content (AvgIpc) is 3.05. The fourth-order valence-corrected chi connectivity index (χ4v) is 4.96. The summed E-state index contributed by atoms with van der Waals surface area (Å²) in [5.74, 6) is 0.941. The Morgan fingerprint density at radius 1 is 1.22 bits per heavy atom. The van der Waals surface area contributed by atoms with Gasteiger partial charge in [0, 0.05) is 23.5 Å². The van der Waals surface area contributed by atoms with Crippen molar-refractivity contribution in [1.29, 1.82) is 0 Å². The van der Waals surface area contributed by atoms with Gasteiger partial charge in [-0.25, -0.2) is 4.98 Å². The molecule has 3 aromatic rings. The first-order chi connectivity index (χ1) is 15.3. The van der Waals surface area contributed by atoms with E-state index in [4.69, 9.17) is 0 Å². The van der Waals surface area contributed by atoms with E-state index in [-0.39, 0.29) is 22.6 Å². The van der Waals surface area contributed by atoms with Crippen LogP contribution in [0.1, 0.15) is 48.5 Å². The number of amides is 2. The van der Waals surface area contributed by atoms with Gasteiger partial charge in [0.15, 0.2) is 0 Å². The smallest absolute Gasteiger partial charge is 0.259 e. The van der Waals surface area contributed by atoms with Gasteiger partial charge in [-0.1, -0.05) is 19.1 Å². The van der Waals surface area contributed by atoms with Crippen LogP contribution in [0.4, 0.5) is 5.69 Å². The van der Waals surface area contributed by atoms with Gasteiger partial charge in [0.05, 0.1) is 16.4 Å². The molecular formula is C23H28N4O3S2. The normalized spacial score (nSPS) is 12.0. The van der Waals surface area contributed by atoms with Crippen molar-refractivity contribution in [3.05, 3.63) is 56.4 Å². The second-order valence-corrected chi connectivity index (χ2v) is 10.2. The summed E-state index contributed by atoms with van der Waals surface area (Å²) >= 11 is 2.94. The predicted octanol–water partition coefficient (Wildman–Crippen LogP) is 4.28. The number of benzene rings is 1. The van der Waals surface area contributed by atoms with Crippen LogP contribution in [0.2, 0.25) is 0 Å². The zero-order valence-corrected chi connectivity index (χ0v) is 20.3. The topological polar surface area (TPSA) is 104 Å². The van der Waals surface area contributed by atoms with E-state index >= 15 is 0 Å². The number of anilines is 1. The Labute approximate surface area is 195 Å². The number of thiophene rings is 1. The minimum atomic E-state index is -0.296. The van der Waals surface area contributed by atoms with E-state index in [0.29, 0.717) is 29.9 Å².